The molecule has 2 aliphatic rings. The van der Waals surface area contributed by atoms with Crippen molar-refractivity contribution in [3.63, 3.8) is 0 Å². The molecule has 0 saturated heterocycles. The molecule has 0 fully saturated rings. The topological polar surface area (TPSA) is 25.8 Å². The van der Waals surface area contributed by atoms with Crippen LogP contribution < -0.4 is 0 Å². The van der Waals surface area contributed by atoms with Crippen LogP contribution in [-0.4, -0.2) is 9.97 Å². The SMILES string of the molecule is CCCc1ccc(-c2ccccc2-c2ccc3c4ccc(-c5ccccc5-c5ccc(CCC)cc5)cc4c4nc5c(-c6cccc7c6-c6ccccc6C7(c6ccccc6)c6ccccc6)sc(-c6cccc7c6-c6ccccc6C7(c6ccccc6)c6ccccc6)c5nc4c3c2)cc1. The molecule has 101 heavy (non-hydrogen) atoms. The minimum Gasteiger partial charge on any atom is -0.242 e. The van der Waals surface area contributed by atoms with E-state index in [1.807, 2.05) is 11.3 Å². The summed E-state index contributed by atoms with van der Waals surface area (Å²) in [5.41, 5.74) is 31.5. The van der Waals surface area contributed by atoms with E-state index in [4.69, 9.17) is 9.97 Å². The fourth-order valence-corrected chi connectivity index (χ4v) is 18.8. The van der Waals surface area contributed by atoms with E-state index in [1.165, 1.54) is 111 Å². The average Bonchev–Trinajstić information content (AvgIpc) is 1.54. The number of fused-ring (bicyclic) bond motifs is 13. The second-order valence-electron chi connectivity index (χ2n) is 27.4. The number of rotatable bonds is 14. The lowest BCUT2D eigenvalue weighted by Crippen LogP contribution is -2.28. The second kappa shape index (κ2) is 24.5. The minimum atomic E-state index is -0.616. The van der Waals surface area contributed by atoms with Gasteiger partial charge in [0.1, 0.15) is 11.0 Å². The number of hydrogen-bond donors (Lipinski definition) is 0. The first-order chi connectivity index (χ1) is 50.0. The summed E-state index contributed by atoms with van der Waals surface area (Å²) in [5.74, 6) is 0. The van der Waals surface area contributed by atoms with Crippen molar-refractivity contribution in [3.8, 4) is 87.6 Å². The quantitative estimate of drug-likeness (QED) is 0.101. The molecule has 3 heteroatoms. The van der Waals surface area contributed by atoms with Crippen LogP contribution in [0.4, 0.5) is 0 Å². The highest BCUT2D eigenvalue weighted by Gasteiger charge is 2.49. The number of nitrogens with zero attached hydrogens (tertiary/aromatic N) is 2. The van der Waals surface area contributed by atoms with Gasteiger partial charge in [-0.3, -0.25) is 0 Å². The maximum Gasteiger partial charge on any atom is 0.109 e. The summed E-state index contributed by atoms with van der Waals surface area (Å²) in [7, 11) is 0. The molecule has 0 aliphatic heterocycles. The number of benzene rings is 15. The zero-order valence-corrected chi connectivity index (χ0v) is 57.3. The molecule has 0 bridgehead atoms. The van der Waals surface area contributed by atoms with Gasteiger partial charge in [-0.2, -0.15) is 0 Å². The van der Waals surface area contributed by atoms with Gasteiger partial charge in [0.25, 0.3) is 0 Å². The standard InChI is InChI=1S/C98H70N2S/c1-3-27-63-49-53-65(54-50-63)73-37-17-19-39-75(73)67-57-59-77-78-60-58-68(76-40-20-18-38-74(76)66-55-51-64(28-4-2)52-56-66)62-84(78)92-91(83(77)61-67)99-93-94(100-92)96(82-44-26-48-88-90(82)80-42-22-24-46-86(80)98(88,71-33-13-7-14-34-71)72-35-15-8-16-36-72)101-95(93)81-43-25-47-87-89(81)79-41-21-23-45-85(79)97(87,69-29-9-5-10-30-69)70-31-11-6-12-32-70/h5-26,29-62H,3-4,27-28H2,1-2H3. The monoisotopic (exact) mass is 1310 g/mol. The van der Waals surface area contributed by atoms with Gasteiger partial charge >= 0.3 is 0 Å². The molecule has 0 N–H and O–H groups in total. The van der Waals surface area contributed by atoms with E-state index < -0.39 is 10.8 Å². The first-order valence-corrected chi connectivity index (χ1v) is 36.5. The molecule has 2 aliphatic carbocycles. The average molecular weight is 1310 g/mol. The van der Waals surface area contributed by atoms with Crippen molar-refractivity contribution < 1.29 is 0 Å². The molecule has 0 atom stereocenters. The van der Waals surface area contributed by atoms with Crippen molar-refractivity contribution in [2.45, 2.75) is 50.4 Å². The van der Waals surface area contributed by atoms with Gasteiger partial charge in [0.2, 0.25) is 0 Å². The van der Waals surface area contributed by atoms with Crippen molar-refractivity contribution >= 4 is 54.9 Å². The molecule has 2 aromatic heterocycles. The van der Waals surface area contributed by atoms with E-state index in [0.717, 1.165) is 101 Å². The predicted octanol–water partition coefficient (Wildman–Crippen LogP) is 25.8. The molecule has 17 aromatic rings. The van der Waals surface area contributed by atoms with Gasteiger partial charge in [-0.1, -0.05) is 354 Å². The van der Waals surface area contributed by atoms with E-state index in [-0.39, 0.29) is 0 Å². The zero-order valence-electron chi connectivity index (χ0n) is 56.5. The van der Waals surface area contributed by atoms with Crippen LogP contribution in [0.25, 0.3) is 131 Å². The molecule has 478 valence electrons. The first-order valence-electron chi connectivity index (χ1n) is 35.7. The first kappa shape index (κ1) is 60.3. The summed E-state index contributed by atoms with van der Waals surface area (Å²) in [6.45, 7) is 4.50. The van der Waals surface area contributed by atoms with Crippen LogP contribution >= 0.6 is 11.3 Å². The van der Waals surface area contributed by atoms with Gasteiger partial charge in [-0.25, -0.2) is 9.97 Å². The molecule has 2 heterocycles. The van der Waals surface area contributed by atoms with Gasteiger partial charge in [-0.05, 0) is 158 Å². The minimum absolute atomic E-state index is 0.616. The van der Waals surface area contributed by atoms with Crippen LogP contribution in [0.2, 0.25) is 0 Å². The third-order valence-electron chi connectivity index (χ3n) is 21.9. The normalized spacial score (nSPS) is 13.2. The van der Waals surface area contributed by atoms with Crippen molar-refractivity contribution in [2.75, 3.05) is 0 Å². The van der Waals surface area contributed by atoms with Crippen LogP contribution in [0.1, 0.15) is 82.3 Å². The molecule has 0 radical (unpaired) electrons. The molecule has 19 rings (SSSR count). The van der Waals surface area contributed by atoms with Crippen LogP contribution in [0.15, 0.2) is 340 Å². The van der Waals surface area contributed by atoms with Gasteiger partial charge < -0.3 is 0 Å². The predicted molar refractivity (Wildman–Crippen MR) is 425 cm³/mol. The molecular formula is C98H70N2S. The molecule has 2 nitrogen and oxygen atoms in total. The lowest BCUT2D eigenvalue weighted by Gasteiger charge is -2.34. The summed E-state index contributed by atoms with van der Waals surface area (Å²) in [6, 6.07) is 128. The van der Waals surface area contributed by atoms with E-state index in [0.29, 0.717) is 0 Å². The highest BCUT2D eigenvalue weighted by atomic mass is 32.1. The van der Waals surface area contributed by atoms with Gasteiger partial charge in [-0.15, -0.1) is 11.3 Å². The molecule has 0 unspecified atom stereocenters. The Balaban J connectivity index is 0.942. The highest BCUT2D eigenvalue weighted by molar-refractivity contribution is 7.21. The maximum atomic E-state index is 6.36. The number of hydrogen-bond acceptors (Lipinski definition) is 3. The van der Waals surface area contributed by atoms with Crippen molar-refractivity contribution in [1.82, 2.24) is 9.97 Å². The second-order valence-corrected chi connectivity index (χ2v) is 28.4. The lowest BCUT2D eigenvalue weighted by atomic mass is 9.67. The van der Waals surface area contributed by atoms with Gasteiger partial charge in [0, 0.05) is 21.9 Å². The zero-order chi connectivity index (χ0) is 67.2. The molecule has 0 spiro atoms. The third-order valence-corrected chi connectivity index (χ3v) is 23.1. The Hall–Kier alpha value is -11.9. The molecule has 0 saturated carbocycles. The van der Waals surface area contributed by atoms with E-state index in [1.54, 1.807) is 0 Å². The Bertz CT molecular complexity index is 5620. The Morgan fingerprint density at radius 2 is 0.545 bits per heavy atom. The molecule has 15 aromatic carbocycles. The van der Waals surface area contributed by atoms with Crippen molar-refractivity contribution in [2.24, 2.45) is 0 Å². The van der Waals surface area contributed by atoms with Crippen LogP contribution in [0.3, 0.4) is 0 Å². The van der Waals surface area contributed by atoms with Gasteiger partial charge in [0.15, 0.2) is 0 Å². The van der Waals surface area contributed by atoms with Crippen molar-refractivity contribution in [3.05, 3.63) is 395 Å². The fraction of sp³-hybridized carbons (Fsp3) is 0.0816. The van der Waals surface area contributed by atoms with Gasteiger partial charge in [0.05, 0.1) is 31.6 Å². The summed E-state index contributed by atoms with van der Waals surface area (Å²) in [4.78, 5) is 14.9. The summed E-state index contributed by atoms with van der Waals surface area (Å²) < 4.78 is 0. The largest absolute Gasteiger partial charge is 0.242 e. The Morgan fingerprint density at radius 1 is 0.248 bits per heavy atom. The van der Waals surface area contributed by atoms with Crippen LogP contribution in [0.5, 0.6) is 0 Å². The van der Waals surface area contributed by atoms with Crippen molar-refractivity contribution in [1.29, 1.82) is 0 Å². The lowest BCUT2D eigenvalue weighted by molar-refractivity contribution is 0.768. The molecule has 0 amide bonds. The number of aromatic nitrogens is 2. The van der Waals surface area contributed by atoms with E-state index >= 15 is 0 Å². The summed E-state index contributed by atoms with van der Waals surface area (Å²) in [5, 5.41) is 4.39. The molecular weight excluding hydrogens is 1240 g/mol. The fourth-order valence-electron chi connectivity index (χ4n) is 17.6. The Kier molecular flexibility index (Phi) is 14.6. The number of aryl methyl sites for hydroxylation is 2. The third kappa shape index (κ3) is 9.37. The number of thiophene rings is 1. The van der Waals surface area contributed by atoms with E-state index in [2.05, 4.69) is 354 Å². The van der Waals surface area contributed by atoms with Crippen LogP contribution in [0, 0.1) is 0 Å². The maximum absolute atomic E-state index is 6.36. The summed E-state index contributed by atoms with van der Waals surface area (Å²) in [6.07, 6.45) is 4.34. The highest BCUT2D eigenvalue weighted by Crippen LogP contribution is 2.63. The smallest absolute Gasteiger partial charge is 0.109 e. The summed E-state index contributed by atoms with van der Waals surface area (Å²) >= 11 is 1.85. The Morgan fingerprint density at radius 3 is 0.901 bits per heavy atom. The van der Waals surface area contributed by atoms with E-state index in [9.17, 15) is 0 Å². The Labute approximate surface area is 594 Å². The van der Waals surface area contributed by atoms with Crippen LogP contribution in [-0.2, 0) is 23.7 Å².